The largest absolute Gasteiger partial charge is 0.483 e. The van der Waals surface area contributed by atoms with E-state index in [-0.39, 0.29) is 12.5 Å². The van der Waals surface area contributed by atoms with Crippen LogP contribution in [0.3, 0.4) is 0 Å². The predicted octanol–water partition coefficient (Wildman–Crippen LogP) is 2.09. The van der Waals surface area contributed by atoms with E-state index in [0.717, 1.165) is 55.3 Å². The fraction of sp³-hybridized carbons (Fsp3) is 0.429. The number of anilines is 1. The number of amides is 1. The molecule has 0 atom stereocenters. The lowest BCUT2D eigenvalue weighted by atomic mass is 10.1. The van der Waals surface area contributed by atoms with Crippen LogP contribution in [0.1, 0.15) is 18.1 Å². The quantitative estimate of drug-likeness (QED) is 0.811. The van der Waals surface area contributed by atoms with Crippen LogP contribution in [-0.2, 0) is 17.8 Å². The molecule has 1 aliphatic heterocycles. The number of carbonyl (C=O) groups excluding carboxylic acids is 1. The highest BCUT2D eigenvalue weighted by molar-refractivity contribution is 5.77. The number of rotatable bonds is 7. The summed E-state index contributed by atoms with van der Waals surface area (Å²) in [5, 5.41) is 2.89. The molecule has 144 valence electrons. The lowest BCUT2D eigenvalue weighted by Gasteiger charge is -2.33. The third kappa shape index (κ3) is 5.44. The molecule has 1 saturated heterocycles. The van der Waals surface area contributed by atoms with Gasteiger partial charge in [0.15, 0.2) is 6.61 Å². The molecule has 6 heteroatoms. The molecule has 1 fully saturated rings. The zero-order chi connectivity index (χ0) is 19.1. The molecule has 6 nitrogen and oxygen atoms in total. The van der Waals surface area contributed by atoms with Gasteiger partial charge in [-0.25, -0.2) is 4.98 Å². The van der Waals surface area contributed by atoms with Gasteiger partial charge >= 0.3 is 0 Å². The van der Waals surface area contributed by atoms with Gasteiger partial charge in [-0.05, 0) is 36.7 Å². The number of para-hydroxylation sites is 1. The summed E-state index contributed by atoms with van der Waals surface area (Å²) in [5.41, 5.74) is 2.09. The van der Waals surface area contributed by atoms with Gasteiger partial charge in [-0.15, -0.1) is 0 Å². The van der Waals surface area contributed by atoms with Gasteiger partial charge in [-0.1, -0.05) is 31.2 Å². The predicted molar refractivity (Wildman–Crippen MR) is 107 cm³/mol. The molecule has 0 saturated carbocycles. The first-order chi connectivity index (χ1) is 13.2. The highest BCUT2D eigenvalue weighted by atomic mass is 16.5. The fourth-order valence-electron chi connectivity index (χ4n) is 3.08. The van der Waals surface area contributed by atoms with Crippen molar-refractivity contribution < 1.29 is 9.53 Å². The second-order valence-corrected chi connectivity index (χ2v) is 6.84. The molecular formula is C21H28N4O2. The Morgan fingerprint density at radius 1 is 1.15 bits per heavy atom. The van der Waals surface area contributed by atoms with Crippen molar-refractivity contribution in [2.45, 2.75) is 19.9 Å². The number of aromatic nitrogens is 1. The first-order valence-electron chi connectivity index (χ1n) is 9.51. The Labute approximate surface area is 161 Å². The first kappa shape index (κ1) is 19.2. The maximum Gasteiger partial charge on any atom is 0.258 e. The van der Waals surface area contributed by atoms with E-state index in [1.54, 1.807) is 0 Å². The molecule has 2 aromatic rings. The standard InChI is InChI=1S/C21H28N4O2/c1-3-18-6-4-5-7-19(18)27-16-21(26)23-15-17-8-9-20(22-14-17)25-12-10-24(2)11-13-25/h4-9,14H,3,10-13,15-16H2,1-2H3,(H,23,26). The first-order valence-corrected chi connectivity index (χ1v) is 9.51. The number of benzene rings is 1. The summed E-state index contributed by atoms with van der Waals surface area (Å²) >= 11 is 0. The van der Waals surface area contributed by atoms with Crippen molar-refractivity contribution in [3.63, 3.8) is 0 Å². The Balaban J connectivity index is 1.45. The smallest absolute Gasteiger partial charge is 0.258 e. The maximum atomic E-state index is 12.1. The SMILES string of the molecule is CCc1ccccc1OCC(=O)NCc1ccc(N2CCN(C)CC2)nc1. The van der Waals surface area contributed by atoms with Crippen molar-refractivity contribution in [2.75, 3.05) is 44.7 Å². The van der Waals surface area contributed by atoms with Gasteiger partial charge in [-0.2, -0.15) is 0 Å². The van der Waals surface area contributed by atoms with Crippen LogP contribution in [0.15, 0.2) is 42.6 Å². The Hall–Kier alpha value is -2.60. The van der Waals surface area contributed by atoms with Gasteiger partial charge < -0.3 is 19.9 Å². The van der Waals surface area contributed by atoms with E-state index in [1.807, 2.05) is 42.6 Å². The molecule has 1 amide bonds. The van der Waals surface area contributed by atoms with Crippen molar-refractivity contribution in [1.82, 2.24) is 15.2 Å². The summed E-state index contributed by atoms with van der Waals surface area (Å²) in [7, 11) is 2.14. The molecule has 0 radical (unpaired) electrons. The number of pyridine rings is 1. The van der Waals surface area contributed by atoms with Gasteiger partial charge in [0.2, 0.25) is 0 Å². The minimum Gasteiger partial charge on any atom is -0.483 e. The van der Waals surface area contributed by atoms with Crippen molar-refractivity contribution >= 4 is 11.7 Å². The number of ether oxygens (including phenoxy) is 1. The molecule has 0 aliphatic carbocycles. The summed E-state index contributed by atoms with van der Waals surface area (Å²) in [6, 6.07) is 11.9. The monoisotopic (exact) mass is 368 g/mol. The van der Waals surface area contributed by atoms with E-state index in [1.165, 1.54) is 0 Å². The van der Waals surface area contributed by atoms with Crippen LogP contribution in [0.5, 0.6) is 5.75 Å². The average molecular weight is 368 g/mol. The maximum absolute atomic E-state index is 12.1. The number of carbonyl (C=O) groups is 1. The Morgan fingerprint density at radius 3 is 2.63 bits per heavy atom. The summed E-state index contributed by atoms with van der Waals surface area (Å²) in [6.07, 6.45) is 2.71. The number of hydrogen-bond donors (Lipinski definition) is 1. The van der Waals surface area contributed by atoms with Gasteiger partial charge in [0.05, 0.1) is 0 Å². The molecule has 0 bridgehead atoms. The number of aryl methyl sites for hydroxylation is 1. The lowest BCUT2D eigenvalue weighted by Crippen LogP contribution is -2.44. The molecular weight excluding hydrogens is 340 g/mol. The summed E-state index contributed by atoms with van der Waals surface area (Å²) in [6.45, 7) is 6.64. The highest BCUT2D eigenvalue weighted by Crippen LogP contribution is 2.18. The van der Waals surface area contributed by atoms with Crippen LogP contribution in [0.4, 0.5) is 5.82 Å². The zero-order valence-electron chi connectivity index (χ0n) is 16.1. The molecule has 27 heavy (non-hydrogen) atoms. The van der Waals surface area contributed by atoms with Gasteiger partial charge in [-0.3, -0.25) is 4.79 Å². The van der Waals surface area contributed by atoms with Gasteiger partial charge in [0, 0.05) is 38.9 Å². The van der Waals surface area contributed by atoms with Crippen LogP contribution in [0.25, 0.3) is 0 Å². The second-order valence-electron chi connectivity index (χ2n) is 6.84. The summed E-state index contributed by atoms with van der Waals surface area (Å²) < 4.78 is 5.65. The zero-order valence-corrected chi connectivity index (χ0v) is 16.1. The molecule has 3 rings (SSSR count). The number of piperazine rings is 1. The van der Waals surface area contributed by atoms with E-state index in [2.05, 4.69) is 34.1 Å². The normalized spacial score (nSPS) is 14.8. The summed E-state index contributed by atoms with van der Waals surface area (Å²) in [5.74, 6) is 1.63. The van der Waals surface area contributed by atoms with Crippen LogP contribution in [0.2, 0.25) is 0 Å². The van der Waals surface area contributed by atoms with E-state index < -0.39 is 0 Å². The van der Waals surface area contributed by atoms with Crippen molar-refractivity contribution in [3.05, 3.63) is 53.7 Å². The van der Waals surface area contributed by atoms with E-state index in [4.69, 9.17) is 4.74 Å². The third-order valence-corrected chi connectivity index (χ3v) is 4.84. The number of likely N-dealkylation sites (N-methyl/N-ethyl adjacent to an activating group) is 1. The molecule has 2 heterocycles. The fourth-order valence-corrected chi connectivity index (χ4v) is 3.08. The minimum absolute atomic E-state index is 0.0177. The highest BCUT2D eigenvalue weighted by Gasteiger charge is 2.15. The van der Waals surface area contributed by atoms with E-state index >= 15 is 0 Å². The third-order valence-electron chi connectivity index (χ3n) is 4.84. The number of nitrogens with zero attached hydrogens (tertiary/aromatic N) is 3. The van der Waals surface area contributed by atoms with Crippen molar-refractivity contribution in [3.8, 4) is 5.75 Å². The second kappa shape index (κ2) is 9.37. The van der Waals surface area contributed by atoms with Gasteiger partial charge in [0.1, 0.15) is 11.6 Å². The van der Waals surface area contributed by atoms with Crippen LogP contribution < -0.4 is 15.0 Å². The minimum atomic E-state index is -0.135. The van der Waals surface area contributed by atoms with Crippen LogP contribution in [0, 0.1) is 0 Å². The van der Waals surface area contributed by atoms with Crippen LogP contribution in [-0.4, -0.2) is 55.6 Å². The molecule has 0 unspecified atom stereocenters. The Bertz CT molecular complexity index is 740. The van der Waals surface area contributed by atoms with E-state index in [0.29, 0.717) is 6.54 Å². The molecule has 1 aromatic carbocycles. The number of hydrogen-bond acceptors (Lipinski definition) is 5. The van der Waals surface area contributed by atoms with Crippen LogP contribution >= 0.6 is 0 Å². The van der Waals surface area contributed by atoms with Gasteiger partial charge in [0.25, 0.3) is 5.91 Å². The Morgan fingerprint density at radius 2 is 1.93 bits per heavy atom. The molecule has 0 spiro atoms. The summed E-state index contributed by atoms with van der Waals surface area (Å²) in [4.78, 5) is 21.2. The molecule has 1 N–H and O–H groups in total. The average Bonchev–Trinajstić information content (AvgIpc) is 2.72. The Kier molecular flexibility index (Phi) is 6.65. The van der Waals surface area contributed by atoms with Crippen molar-refractivity contribution in [2.24, 2.45) is 0 Å². The lowest BCUT2D eigenvalue weighted by molar-refractivity contribution is -0.123. The molecule has 1 aromatic heterocycles. The molecule has 1 aliphatic rings. The van der Waals surface area contributed by atoms with E-state index in [9.17, 15) is 4.79 Å². The number of nitrogens with one attached hydrogen (secondary N) is 1. The van der Waals surface area contributed by atoms with Crippen molar-refractivity contribution in [1.29, 1.82) is 0 Å². The topological polar surface area (TPSA) is 57.7 Å².